The molecule has 5 heteroatoms. The molecule has 0 saturated heterocycles. The van der Waals surface area contributed by atoms with E-state index in [-0.39, 0.29) is 18.4 Å². The van der Waals surface area contributed by atoms with Gasteiger partial charge in [0, 0.05) is 30.4 Å². The molecule has 2 aromatic heterocycles. The van der Waals surface area contributed by atoms with Crippen LogP contribution < -0.4 is 5.32 Å². The Morgan fingerprint density at radius 3 is 2.67 bits per heavy atom. The van der Waals surface area contributed by atoms with E-state index >= 15 is 0 Å². The molecule has 0 aliphatic rings. The van der Waals surface area contributed by atoms with Gasteiger partial charge in [-0.2, -0.15) is 0 Å². The number of nitrogens with one attached hydrogen (secondary N) is 1. The minimum atomic E-state index is -0.325. The quantitative estimate of drug-likeness (QED) is 0.466. The predicted octanol–water partition coefficient (Wildman–Crippen LogP) is 4.77. The van der Waals surface area contributed by atoms with Crippen molar-refractivity contribution in [2.24, 2.45) is 7.05 Å². The highest BCUT2D eigenvalue weighted by Gasteiger charge is 2.22. The number of nitrogens with zero attached hydrogens (tertiary/aromatic N) is 2. The summed E-state index contributed by atoms with van der Waals surface area (Å²) in [6.07, 6.45) is 5.55. The average molecular weight is 395 g/mol. The lowest BCUT2D eigenvalue weighted by molar-refractivity contribution is -0.121. The first-order valence-corrected chi connectivity index (χ1v) is 9.90. The van der Waals surface area contributed by atoms with Gasteiger partial charge in [-0.25, -0.2) is 4.98 Å². The first-order chi connectivity index (χ1) is 14.7. The van der Waals surface area contributed by atoms with Crippen molar-refractivity contribution in [3.63, 3.8) is 0 Å². The molecule has 148 valence electrons. The number of hydrogen-bond acceptors (Lipinski definition) is 3. The Morgan fingerprint density at radius 2 is 1.87 bits per heavy atom. The van der Waals surface area contributed by atoms with Crippen molar-refractivity contribution in [2.45, 2.75) is 12.5 Å². The predicted molar refractivity (Wildman–Crippen MR) is 117 cm³/mol. The van der Waals surface area contributed by atoms with Crippen molar-refractivity contribution in [1.82, 2.24) is 14.9 Å². The summed E-state index contributed by atoms with van der Waals surface area (Å²) < 4.78 is 7.67. The zero-order chi connectivity index (χ0) is 20.5. The molecule has 5 aromatic rings. The number of aromatic nitrogens is 2. The number of hydrogen-bond donors (Lipinski definition) is 1. The molecule has 0 spiro atoms. The van der Waals surface area contributed by atoms with Crippen LogP contribution in [-0.4, -0.2) is 15.5 Å². The van der Waals surface area contributed by atoms with E-state index in [2.05, 4.69) is 22.4 Å². The molecular formula is C25H21N3O2. The average Bonchev–Trinajstić information content (AvgIpc) is 3.39. The number of carbonyl (C=O) groups excluding carboxylic acids is 1. The van der Waals surface area contributed by atoms with Gasteiger partial charge in [0.25, 0.3) is 0 Å². The first-order valence-electron chi connectivity index (χ1n) is 9.90. The fraction of sp³-hybridized carbons (Fsp3) is 0.120. The molecule has 0 aliphatic carbocycles. The molecule has 1 amide bonds. The van der Waals surface area contributed by atoms with Crippen LogP contribution in [0.15, 0.2) is 89.8 Å². The summed E-state index contributed by atoms with van der Waals surface area (Å²) in [7, 11) is 1.93. The van der Waals surface area contributed by atoms with Gasteiger partial charge >= 0.3 is 0 Å². The fourth-order valence-electron chi connectivity index (χ4n) is 3.99. The summed E-state index contributed by atoms with van der Waals surface area (Å²) in [5, 5.41) is 6.38. The number of furan rings is 1. The minimum absolute atomic E-state index is 0.0810. The molecule has 5 rings (SSSR count). The molecule has 0 aliphatic heterocycles. The second-order valence-electron chi connectivity index (χ2n) is 7.41. The van der Waals surface area contributed by atoms with Crippen LogP contribution in [-0.2, 0) is 18.3 Å². The number of fused-ring (bicyclic) bond motifs is 3. The van der Waals surface area contributed by atoms with Gasteiger partial charge in [-0.1, -0.05) is 60.7 Å². The second-order valence-corrected chi connectivity index (χ2v) is 7.41. The number of carbonyl (C=O) groups is 1. The molecular weight excluding hydrogens is 374 g/mol. The largest absolute Gasteiger partial charge is 0.464 e. The number of aryl methyl sites for hydroxylation is 1. The van der Waals surface area contributed by atoms with Crippen LogP contribution in [0.2, 0.25) is 0 Å². The number of imidazole rings is 1. The van der Waals surface area contributed by atoms with E-state index < -0.39 is 0 Å². The zero-order valence-electron chi connectivity index (χ0n) is 16.6. The van der Waals surface area contributed by atoms with Crippen LogP contribution >= 0.6 is 0 Å². The Bertz CT molecular complexity index is 1330. The van der Waals surface area contributed by atoms with Gasteiger partial charge < -0.3 is 14.3 Å². The van der Waals surface area contributed by atoms with Crippen LogP contribution in [0.1, 0.15) is 23.0 Å². The summed E-state index contributed by atoms with van der Waals surface area (Å²) in [4.78, 5) is 17.6. The van der Waals surface area contributed by atoms with E-state index in [0.29, 0.717) is 0 Å². The molecule has 30 heavy (non-hydrogen) atoms. The third-order valence-corrected chi connectivity index (χ3v) is 5.45. The Kier molecular flexibility index (Phi) is 4.56. The maximum atomic E-state index is 13.1. The van der Waals surface area contributed by atoms with Crippen LogP contribution in [0.3, 0.4) is 0 Å². The number of amides is 1. The highest BCUT2D eigenvalue weighted by molar-refractivity contribution is 6.08. The van der Waals surface area contributed by atoms with Crippen molar-refractivity contribution in [2.75, 3.05) is 0 Å². The van der Waals surface area contributed by atoms with Gasteiger partial charge in [-0.15, -0.1) is 0 Å². The number of benzene rings is 3. The molecule has 0 fully saturated rings. The lowest BCUT2D eigenvalue weighted by Gasteiger charge is -2.19. The van der Waals surface area contributed by atoms with E-state index in [0.717, 1.165) is 38.7 Å². The van der Waals surface area contributed by atoms with Gasteiger partial charge in [0.2, 0.25) is 5.91 Å². The van der Waals surface area contributed by atoms with Gasteiger partial charge in [0.05, 0.1) is 12.7 Å². The van der Waals surface area contributed by atoms with Crippen LogP contribution in [0.25, 0.3) is 21.7 Å². The molecule has 0 saturated carbocycles. The Morgan fingerprint density at radius 1 is 1.07 bits per heavy atom. The molecule has 1 atom stereocenters. The third-order valence-electron chi connectivity index (χ3n) is 5.45. The van der Waals surface area contributed by atoms with E-state index in [4.69, 9.17) is 4.42 Å². The van der Waals surface area contributed by atoms with Crippen molar-refractivity contribution < 1.29 is 9.21 Å². The smallest absolute Gasteiger partial charge is 0.225 e. The van der Waals surface area contributed by atoms with Gasteiger partial charge in [0.1, 0.15) is 17.4 Å². The van der Waals surface area contributed by atoms with Crippen molar-refractivity contribution in [3.8, 4) is 0 Å². The molecule has 3 aromatic carbocycles. The Labute approximate surface area is 174 Å². The molecule has 0 radical (unpaired) electrons. The van der Waals surface area contributed by atoms with Gasteiger partial charge in [-0.05, 0) is 22.4 Å². The van der Waals surface area contributed by atoms with E-state index in [1.165, 1.54) is 0 Å². The van der Waals surface area contributed by atoms with Crippen molar-refractivity contribution >= 4 is 27.6 Å². The maximum absolute atomic E-state index is 13.1. The molecule has 0 bridgehead atoms. The van der Waals surface area contributed by atoms with Crippen LogP contribution in [0.5, 0.6) is 0 Å². The Hall–Kier alpha value is -3.86. The second kappa shape index (κ2) is 7.52. The third kappa shape index (κ3) is 3.24. The first kappa shape index (κ1) is 18.2. The van der Waals surface area contributed by atoms with E-state index in [1.54, 1.807) is 12.5 Å². The minimum Gasteiger partial charge on any atom is -0.464 e. The van der Waals surface area contributed by atoms with Crippen molar-refractivity contribution in [3.05, 3.63) is 102 Å². The summed E-state index contributed by atoms with van der Waals surface area (Å²) in [5.41, 5.74) is 2.66. The number of rotatable bonds is 5. The van der Waals surface area contributed by atoms with Gasteiger partial charge in [0.15, 0.2) is 0 Å². The highest BCUT2D eigenvalue weighted by atomic mass is 16.3. The summed E-state index contributed by atoms with van der Waals surface area (Å²) >= 11 is 0. The topological polar surface area (TPSA) is 60.1 Å². The monoisotopic (exact) mass is 395 g/mol. The standard InChI is InChI=1S/C25H21N3O2/c1-28-14-13-26-25(28)24(18-8-3-2-4-9-18)27-22(29)15-19-16-30-21-12-11-17-7-5-6-10-20(17)23(19)21/h2-14,16,24H,15H2,1H3,(H,27,29). The Balaban J connectivity index is 1.48. The van der Waals surface area contributed by atoms with Crippen molar-refractivity contribution in [1.29, 1.82) is 0 Å². The lowest BCUT2D eigenvalue weighted by Crippen LogP contribution is -2.32. The van der Waals surface area contributed by atoms with Gasteiger partial charge in [-0.3, -0.25) is 4.79 Å². The summed E-state index contributed by atoms with van der Waals surface area (Å²) in [6, 6.07) is 21.7. The molecule has 1 unspecified atom stereocenters. The SMILES string of the molecule is Cn1ccnc1C(NC(=O)Cc1coc2ccc3ccccc3c12)c1ccccc1. The summed E-state index contributed by atoms with van der Waals surface area (Å²) in [5.74, 6) is 0.708. The highest BCUT2D eigenvalue weighted by Crippen LogP contribution is 2.30. The van der Waals surface area contributed by atoms with Crippen LogP contribution in [0, 0.1) is 0 Å². The molecule has 2 heterocycles. The van der Waals surface area contributed by atoms with Crippen LogP contribution in [0.4, 0.5) is 0 Å². The maximum Gasteiger partial charge on any atom is 0.225 e. The summed E-state index contributed by atoms with van der Waals surface area (Å²) in [6.45, 7) is 0. The fourth-order valence-corrected chi connectivity index (χ4v) is 3.99. The van der Waals surface area contributed by atoms with E-state index in [9.17, 15) is 4.79 Å². The molecule has 1 N–H and O–H groups in total. The van der Waals surface area contributed by atoms with E-state index in [1.807, 2.05) is 72.4 Å². The normalized spacial score (nSPS) is 12.3. The molecule has 5 nitrogen and oxygen atoms in total. The lowest BCUT2D eigenvalue weighted by atomic mass is 10.0. The zero-order valence-corrected chi connectivity index (χ0v) is 16.6.